The second-order valence-electron chi connectivity index (χ2n) is 12.8. The maximum absolute atomic E-state index is 14.9. The first kappa shape index (κ1) is 37.2. The van der Waals surface area contributed by atoms with Gasteiger partial charge in [0.1, 0.15) is 18.3 Å². The quantitative estimate of drug-likeness (QED) is 0.151. The van der Waals surface area contributed by atoms with Crippen LogP contribution in [0.2, 0.25) is 10.0 Å². The molecule has 264 valence electrons. The molecule has 1 fully saturated rings. The highest BCUT2D eigenvalue weighted by Crippen LogP contribution is 2.34. The fourth-order valence-electron chi connectivity index (χ4n) is 6.30. The van der Waals surface area contributed by atoms with Crippen molar-refractivity contribution in [2.75, 3.05) is 18.0 Å². The largest absolute Gasteiger partial charge is 0.495 e. The van der Waals surface area contributed by atoms with Gasteiger partial charge in [0, 0.05) is 34.6 Å². The van der Waals surface area contributed by atoms with Crippen molar-refractivity contribution in [1.29, 1.82) is 0 Å². The molecule has 1 aliphatic rings. The minimum Gasteiger partial charge on any atom is -0.495 e. The van der Waals surface area contributed by atoms with Crippen molar-refractivity contribution in [3.8, 4) is 5.75 Å². The number of hydrogen-bond donors (Lipinski definition) is 1. The number of amides is 2. The summed E-state index contributed by atoms with van der Waals surface area (Å²) in [5, 5.41) is 3.86. The molecule has 1 N–H and O–H groups in total. The number of hydrogen-bond acceptors (Lipinski definition) is 5. The summed E-state index contributed by atoms with van der Waals surface area (Å²) in [6.07, 6.45) is 5.02. The van der Waals surface area contributed by atoms with E-state index in [0.717, 1.165) is 53.1 Å². The molecule has 11 heteroatoms. The molecule has 0 spiro atoms. The molecule has 0 radical (unpaired) electrons. The fraction of sp³-hybridized carbons (Fsp3) is 0.333. The Morgan fingerprint density at radius 2 is 1.50 bits per heavy atom. The van der Waals surface area contributed by atoms with Crippen LogP contribution in [-0.4, -0.2) is 50.9 Å². The maximum atomic E-state index is 14.9. The van der Waals surface area contributed by atoms with Gasteiger partial charge < -0.3 is 15.0 Å². The zero-order chi connectivity index (χ0) is 35.8. The number of rotatable bonds is 13. The maximum Gasteiger partial charge on any atom is 0.264 e. The van der Waals surface area contributed by atoms with E-state index >= 15 is 0 Å². The number of nitrogens with zero attached hydrogens (tertiary/aromatic N) is 2. The van der Waals surface area contributed by atoms with Gasteiger partial charge in [-0.3, -0.25) is 13.9 Å². The second-order valence-corrected chi connectivity index (χ2v) is 15.4. The van der Waals surface area contributed by atoms with Crippen molar-refractivity contribution in [1.82, 2.24) is 10.2 Å². The van der Waals surface area contributed by atoms with Crippen molar-refractivity contribution in [3.05, 3.63) is 123 Å². The molecule has 0 bridgehead atoms. The van der Waals surface area contributed by atoms with Crippen LogP contribution in [0.25, 0.3) is 0 Å². The molecule has 0 aromatic heterocycles. The van der Waals surface area contributed by atoms with Crippen molar-refractivity contribution in [2.45, 2.75) is 75.9 Å². The van der Waals surface area contributed by atoms with Crippen LogP contribution in [0.1, 0.15) is 54.4 Å². The fourth-order valence-corrected chi connectivity index (χ4v) is 8.23. The van der Waals surface area contributed by atoms with Crippen molar-refractivity contribution in [2.24, 2.45) is 0 Å². The number of aryl methyl sites for hydroxylation is 2. The number of ether oxygens (including phenoxy) is 1. The highest BCUT2D eigenvalue weighted by molar-refractivity contribution is 7.92. The molecule has 1 aliphatic carbocycles. The second kappa shape index (κ2) is 16.8. The summed E-state index contributed by atoms with van der Waals surface area (Å²) in [6, 6.07) is 25.0. The number of halogens is 2. The average molecular weight is 737 g/mol. The van der Waals surface area contributed by atoms with Crippen LogP contribution < -0.4 is 14.4 Å². The first-order chi connectivity index (χ1) is 24.0. The molecule has 0 heterocycles. The van der Waals surface area contributed by atoms with E-state index in [2.05, 4.69) is 5.32 Å². The predicted octanol–water partition coefficient (Wildman–Crippen LogP) is 7.90. The number of benzene rings is 4. The lowest BCUT2D eigenvalue weighted by molar-refractivity contribution is -0.140. The summed E-state index contributed by atoms with van der Waals surface area (Å²) in [4.78, 5) is 30.7. The summed E-state index contributed by atoms with van der Waals surface area (Å²) in [7, 11) is -2.86. The van der Waals surface area contributed by atoms with Crippen molar-refractivity contribution in [3.63, 3.8) is 0 Å². The Kier molecular flexibility index (Phi) is 12.5. The summed E-state index contributed by atoms with van der Waals surface area (Å²) in [5.74, 6) is -0.658. The van der Waals surface area contributed by atoms with Gasteiger partial charge in [-0.1, -0.05) is 103 Å². The van der Waals surface area contributed by atoms with Crippen LogP contribution >= 0.6 is 23.2 Å². The van der Waals surface area contributed by atoms with Crippen LogP contribution in [0.15, 0.2) is 95.9 Å². The number of carbonyl (C=O) groups excluding carboxylic acids is 2. The molecular weight excluding hydrogens is 693 g/mol. The van der Waals surface area contributed by atoms with E-state index in [1.807, 2.05) is 44.2 Å². The molecule has 1 unspecified atom stereocenters. The third kappa shape index (κ3) is 8.99. The van der Waals surface area contributed by atoms with Crippen LogP contribution in [0.4, 0.5) is 5.69 Å². The zero-order valence-corrected chi connectivity index (χ0v) is 30.9. The Bertz CT molecular complexity index is 1880. The Hall–Kier alpha value is -4.05. The molecule has 50 heavy (non-hydrogen) atoms. The van der Waals surface area contributed by atoms with Gasteiger partial charge in [0.05, 0.1) is 17.7 Å². The first-order valence-electron chi connectivity index (χ1n) is 16.8. The summed E-state index contributed by atoms with van der Waals surface area (Å²) in [5.41, 5.74) is 3.14. The Morgan fingerprint density at radius 3 is 2.14 bits per heavy atom. The minimum atomic E-state index is -4.31. The highest BCUT2D eigenvalue weighted by Gasteiger charge is 2.37. The molecule has 5 rings (SSSR count). The molecule has 4 aromatic carbocycles. The molecule has 1 atom stereocenters. The van der Waals surface area contributed by atoms with Crippen molar-refractivity contribution < 1.29 is 22.7 Å². The number of nitrogens with one attached hydrogen (secondary N) is 1. The lowest BCUT2D eigenvalue weighted by Gasteiger charge is -2.35. The topological polar surface area (TPSA) is 96.0 Å². The van der Waals surface area contributed by atoms with Crippen LogP contribution in [-0.2, 0) is 32.6 Å². The summed E-state index contributed by atoms with van der Waals surface area (Å²) in [6.45, 7) is 2.94. The van der Waals surface area contributed by atoms with Crippen LogP contribution in [0, 0.1) is 13.8 Å². The Labute approximate surface area is 305 Å². The number of sulfonamides is 1. The van der Waals surface area contributed by atoms with Crippen LogP contribution in [0.5, 0.6) is 5.75 Å². The molecule has 0 aliphatic heterocycles. The van der Waals surface area contributed by atoms with E-state index in [9.17, 15) is 18.0 Å². The van der Waals surface area contributed by atoms with Gasteiger partial charge in [-0.05, 0) is 74.2 Å². The van der Waals surface area contributed by atoms with E-state index in [4.69, 9.17) is 27.9 Å². The van der Waals surface area contributed by atoms with E-state index in [1.54, 1.807) is 48.5 Å². The smallest absolute Gasteiger partial charge is 0.264 e. The van der Waals surface area contributed by atoms with Gasteiger partial charge in [-0.2, -0.15) is 0 Å². The van der Waals surface area contributed by atoms with Gasteiger partial charge in [0.25, 0.3) is 10.0 Å². The SMILES string of the molecule is COc1ccc(C)cc1N(CC(=O)N(Cc1c(Cl)cccc1Cl)C(Cc1ccccc1)C(=O)NC1CCCCC1)S(=O)(=O)c1ccc(C)cc1. The number of anilines is 1. The Morgan fingerprint density at radius 1 is 0.860 bits per heavy atom. The van der Waals surface area contributed by atoms with Gasteiger partial charge in [-0.15, -0.1) is 0 Å². The highest BCUT2D eigenvalue weighted by atomic mass is 35.5. The predicted molar refractivity (Wildman–Crippen MR) is 199 cm³/mol. The zero-order valence-electron chi connectivity index (χ0n) is 28.6. The molecule has 0 saturated heterocycles. The normalized spacial score (nSPS) is 14.1. The molecular formula is C39H43Cl2N3O5S. The van der Waals surface area contributed by atoms with Gasteiger partial charge in [0.2, 0.25) is 11.8 Å². The monoisotopic (exact) mass is 735 g/mol. The molecule has 8 nitrogen and oxygen atoms in total. The number of carbonyl (C=O) groups is 2. The summed E-state index contributed by atoms with van der Waals surface area (Å²) >= 11 is 13.3. The lowest BCUT2D eigenvalue weighted by Crippen LogP contribution is -2.55. The third-order valence-corrected chi connectivity index (χ3v) is 11.6. The third-order valence-electron chi connectivity index (χ3n) is 9.10. The molecule has 1 saturated carbocycles. The summed E-state index contributed by atoms with van der Waals surface area (Å²) < 4.78 is 35.6. The van der Waals surface area contributed by atoms with Crippen LogP contribution in [0.3, 0.4) is 0 Å². The van der Waals surface area contributed by atoms with E-state index in [0.29, 0.717) is 15.6 Å². The van der Waals surface area contributed by atoms with Crippen molar-refractivity contribution >= 4 is 50.7 Å². The molecule has 4 aromatic rings. The van der Waals surface area contributed by atoms with E-state index in [1.165, 1.54) is 24.1 Å². The van der Waals surface area contributed by atoms with Gasteiger partial charge in [0.15, 0.2) is 0 Å². The van der Waals surface area contributed by atoms with Gasteiger partial charge in [-0.25, -0.2) is 8.42 Å². The van der Waals surface area contributed by atoms with E-state index < -0.39 is 28.5 Å². The minimum absolute atomic E-state index is 0.0102. The molecule has 2 amide bonds. The standard InChI is InChI=1S/C39H43Cl2N3O5S/c1-27-17-20-31(21-18-27)50(47,48)44(35-23-28(2)19-22-37(35)49-3)26-38(45)43(25-32-33(40)15-10-16-34(32)41)36(24-29-11-6-4-7-12-29)39(46)42-30-13-8-5-9-14-30/h4,6-7,10-12,15-23,30,36H,5,8-9,13-14,24-26H2,1-3H3,(H,42,46). The van der Waals surface area contributed by atoms with E-state index in [-0.39, 0.29) is 41.2 Å². The number of methoxy groups -OCH3 is 1. The van der Waals surface area contributed by atoms with Gasteiger partial charge >= 0.3 is 0 Å². The average Bonchev–Trinajstić information content (AvgIpc) is 3.10. The lowest BCUT2D eigenvalue weighted by atomic mass is 9.94. The first-order valence-corrected chi connectivity index (χ1v) is 19.0. The Balaban J connectivity index is 1.63.